The fourth-order valence-electron chi connectivity index (χ4n) is 2.03. The number of hydrogen-bond donors (Lipinski definition) is 1. The average Bonchev–Trinajstić information content (AvgIpc) is 2.85. The van der Waals surface area contributed by atoms with E-state index in [2.05, 4.69) is 5.32 Å². The minimum atomic E-state index is -0.180. The van der Waals surface area contributed by atoms with E-state index in [9.17, 15) is 4.79 Å². The van der Waals surface area contributed by atoms with Crippen LogP contribution in [0.2, 0.25) is 5.02 Å². The number of hydrogen-bond acceptors (Lipinski definition) is 4. The topological polar surface area (TPSA) is 38.3 Å². The Morgan fingerprint density at radius 3 is 2.65 bits per heavy atom. The lowest BCUT2D eigenvalue weighted by molar-refractivity contribution is -0.115. The van der Waals surface area contributed by atoms with Gasteiger partial charge in [0.1, 0.15) is 16.7 Å². The van der Waals surface area contributed by atoms with Gasteiger partial charge in [0, 0.05) is 0 Å². The van der Waals surface area contributed by atoms with Crippen molar-refractivity contribution in [2.45, 2.75) is 6.61 Å². The Hall–Kier alpha value is -1.82. The highest BCUT2D eigenvalue weighted by Crippen LogP contribution is 2.30. The molecule has 3 nitrogen and oxygen atoms in total. The van der Waals surface area contributed by atoms with Crippen molar-refractivity contribution in [2.24, 2.45) is 0 Å². The predicted octanol–water partition coefficient (Wildman–Crippen LogP) is 4.41. The van der Waals surface area contributed by atoms with Crippen molar-refractivity contribution >= 4 is 51.9 Å². The molecule has 0 aliphatic carbocycles. The SMILES string of the molecule is O=C1NC(=S)SC1=Cc1ccc(OCc2ccccc2)c(Cl)c1. The lowest BCUT2D eigenvalue weighted by atomic mass is 10.2. The molecule has 0 spiro atoms. The molecule has 1 amide bonds. The molecule has 0 unspecified atom stereocenters. The summed E-state index contributed by atoms with van der Waals surface area (Å²) in [5.41, 5.74) is 1.90. The molecule has 1 saturated heterocycles. The molecule has 116 valence electrons. The standard InChI is InChI=1S/C17H12ClNO2S2/c18-13-8-12(9-15-16(20)19-17(22)23-15)6-7-14(13)21-10-11-4-2-1-3-5-11/h1-9H,10H2,(H,19,20,22). The van der Waals surface area contributed by atoms with Gasteiger partial charge in [0.25, 0.3) is 5.91 Å². The molecular formula is C17H12ClNO2S2. The minimum absolute atomic E-state index is 0.180. The molecule has 1 aliphatic heterocycles. The quantitative estimate of drug-likeness (QED) is 0.646. The van der Waals surface area contributed by atoms with Gasteiger partial charge in [-0.25, -0.2) is 0 Å². The molecule has 1 N–H and O–H groups in total. The van der Waals surface area contributed by atoms with Crippen LogP contribution in [-0.4, -0.2) is 10.2 Å². The Morgan fingerprint density at radius 2 is 2.00 bits per heavy atom. The molecular weight excluding hydrogens is 350 g/mol. The third-order valence-electron chi connectivity index (χ3n) is 3.13. The monoisotopic (exact) mass is 361 g/mol. The van der Waals surface area contributed by atoms with Crippen molar-refractivity contribution in [3.63, 3.8) is 0 Å². The van der Waals surface area contributed by atoms with E-state index in [1.165, 1.54) is 11.8 Å². The van der Waals surface area contributed by atoms with Crippen LogP contribution in [0.4, 0.5) is 0 Å². The first-order valence-corrected chi connectivity index (χ1v) is 8.43. The summed E-state index contributed by atoms with van der Waals surface area (Å²) >= 11 is 12.5. The number of rotatable bonds is 4. The number of carbonyl (C=O) groups is 1. The second kappa shape index (κ2) is 7.17. The summed E-state index contributed by atoms with van der Waals surface area (Å²) < 4.78 is 6.20. The number of benzene rings is 2. The van der Waals surface area contributed by atoms with E-state index in [4.69, 9.17) is 28.6 Å². The number of ether oxygens (including phenoxy) is 1. The van der Waals surface area contributed by atoms with Gasteiger partial charge in [0.2, 0.25) is 0 Å². The number of halogens is 1. The van der Waals surface area contributed by atoms with Crippen molar-refractivity contribution in [3.05, 3.63) is 69.6 Å². The largest absolute Gasteiger partial charge is 0.487 e. The van der Waals surface area contributed by atoms with Gasteiger partial charge < -0.3 is 10.1 Å². The zero-order chi connectivity index (χ0) is 16.2. The van der Waals surface area contributed by atoms with Crippen molar-refractivity contribution in [1.29, 1.82) is 0 Å². The summed E-state index contributed by atoms with van der Waals surface area (Å²) in [5.74, 6) is 0.428. The summed E-state index contributed by atoms with van der Waals surface area (Å²) in [5, 5.41) is 3.08. The van der Waals surface area contributed by atoms with Gasteiger partial charge in [-0.15, -0.1) is 0 Å². The number of nitrogens with one attached hydrogen (secondary N) is 1. The van der Waals surface area contributed by atoms with E-state index < -0.39 is 0 Å². The Balaban J connectivity index is 1.72. The van der Waals surface area contributed by atoms with Crippen LogP contribution in [0, 0.1) is 0 Å². The van der Waals surface area contributed by atoms with E-state index in [1.807, 2.05) is 36.4 Å². The molecule has 1 heterocycles. The first-order valence-electron chi connectivity index (χ1n) is 6.83. The number of thiocarbonyl (C=S) groups is 1. The summed E-state index contributed by atoms with van der Waals surface area (Å²) in [6, 6.07) is 15.3. The molecule has 0 aromatic heterocycles. The zero-order valence-corrected chi connectivity index (χ0v) is 14.3. The highest BCUT2D eigenvalue weighted by molar-refractivity contribution is 8.26. The molecule has 2 aromatic rings. The normalized spacial score (nSPS) is 15.8. The first kappa shape index (κ1) is 16.1. The van der Waals surface area contributed by atoms with Gasteiger partial charge in [-0.3, -0.25) is 4.79 Å². The molecule has 1 fully saturated rings. The van der Waals surface area contributed by atoms with Crippen molar-refractivity contribution in [1.82, 2.24) is 5.32 Å². The van der Waals surface area contributed by atoms with Crippen LogP contribution in [0.15, 0.2) is 53.4 Å². The van der Waals surface area contributed by atoms with E-state index >= 15 is 0 Å². The van der Waals surface area contributed by atoms with E-state index in [0.29, 0.717) is 26.6 Å². The predicted molar refractivity (Wildman–Crippen MR) is 98.5 cm³/mol. The maximum absolute atomic E-state index is 11.7. The molecule has 0 bridgehead atoms. The molecule has 0 atom stereocenters. The van der Waals surface area contributed by atoms with Crippen molar-refractivity contribution in [3.8, 4) is 5.75 Å². The maximum Gasteiger partial charge on any atom is 0.263 e. The molecule has 2 aromatic carbocycles. The van der Waals surface area contributed by atoms with Crippen molar-refractivity contribution in [2.75, 3.05) is 0 Å². The second-order valence-corrected chi connectivity index (χ2v) is 6.94. The van der Waals surface area contributed by atoms with Gasteiger partial charge in [0.15, 0.2) is 0 Å². The van der Waals surface area contributed by atoms with Crippen LogP contribution in [0.1, 0.15) is 11.1 Å². The Labute approximate surface area is 148 Å². The molecule has 23 heavy (non-hydrogen) atoms. The fourth-order valence-corrected chi connectivity index (χ4v) is 3.32. The van der Waals surface area contributed by atoms with Gasteiger partial charge in [-0.1, -0.05) is 72.0 Å². The maximum atomic E-state index is 11.7. The highest BCUT2D eigenvalue weighted by atomic mass is 35.5. The molecule has 0 radical (unpaired) electrons. The van der Waals surface area contributed by atoms with Crippen LogP contribution in [0.3, 0.4) is 0 Å². The third kappa shape index (κ3) is 4.13. The Bertz CT molecular complexity index is 790. The zero-order valence-electron chi connectivity index (χ0n) is 11.9. The molecule has 0 saturated carbocycles. The van der Waals surface area contributed by atoms with Gasteiger partial charge in [-0.05, 0) is 29.3 Å². The smallest absolute Gasteiger partial charge is 0.263 e. The summed E-state index contributed by atoms with van der Waals surface area (Å²) in [4.78, 5) is 12.2. The minimum Gasteiger partial charge on any atom is -0.487 e. The van der Waals surface area contributed by atoms with Gasteiger partial charge in [-0.2, -0.15) is 0 Å². The average molecular weight is 362 g/mol. The van der Waals surface area contributed by atoms with Gasteiger partial charge in [0.05, 0.1) is 9.93 Å². The Morgan fingerprint density at radius 1 is 1.22 bits per heavy atom. The molecule has 1 aliphatic rings. The van der Waals surface area contributed by atoms with Crippen LogP contribution in [-0.2, 0) is 11.4 Å². The van der Waals surface area contributed by atoms with Crippen LogP contribution < -0.4 is 10.1 Å². The Kier molecular flexibility index (Phi) is 5.00. The number of amides is 1. The first-order chi connectivity index (χ1) is 11.1. The summed E-state index contributed by atoms with van der Waals surface area (Å²) in [7, 11) is 0. The van der Waals surface area contributed by atoms with E-state index in [0.717, 1.165) is 11.1 Å². The lowest BCUT2D eigenvalue weighted by Crippen LogP contribution is -2.17. The number of thioether (sulfide) groups is 1. The summed E-state index contributed by atoms with van der Waals surface area (Å²) in [6.45, 7) is 0.452. The van der Waals surface area contributed by atoms with Crippen LogP contribution in [0.5, 0.6) is 5.75 Å². The second-order valence-electron chi connectivity index (χ2n) is 4.82. The summed E-state index contributed by atoms with van der Waals surface area (Å²) in [6.07, 6.45) is 1.76. The van der Waals surface area contributed by atoms with E-state index in [1.54, 1.807) is 18.2 Å². The lowest BCUT2D eigenvalue weighted by Gasteiger charge is -2.08. The van der Waals surface area contributed by atoms with Gasteiger partial charge >= 0.3 is 0 Å². The van der Waals surface area contributed by atoms with Crippen LogP contribution in [0.25, 0.3) is 6.08 Å². The molecule has 6 heteroatoms. The fraction of sp³-hybridized carbons (Fsp3) is 0.0588. The molecule has 3 rings (SSSR count). The highest BCUT2D eigenvalue weighted by Gasteiger charge is 2.21. The van der Waals surface area contributed by atoms with Crippen LogP contribution >= 0.6 is 35.6 Å². The van der Waals surface area contributed by atoms with E-state index in [-0.39, 0.29) is 5.91 Å². The third-order valence-corrected chi connectivity index (χ3v) is 4.59. The number of carbonyl (C=O) groups excluding carboxylic acids is 1. The van der Waals surface area contributed by atoms with Crippen molar-refractivity contribution < 1.29 is 9.53 Å².